The van der Waals surface area contributed by atoms with Gasteiger partial charge in [0.1, 0.15) is 11.6 Å². The average Bonchev–Trinajstić information content (AvgIpc) is 2.39. The summed E-state index contributed by atoms with van der Waals surface area (Å²) < 4.78 is 26.4. The standard InChI is InChI=1S/C13H10F2N2OS/c1-8-4-5-16-13(17-8)19-7-12(18)10-6-9(14)2-3-11(10)15/h2-6H,7H2,1H3. The number of hydrogen-bond donors (Lipinski definition) is 0. The maximum atomic E-state index is 13.4. The van der Waals surface area contributed by atoms with Crippen molar-refractivity contribution in [2.24, 2.45) is 0 Å². The Morgan fingerprint density at radius 1 is 1.32 bits per heavy atom. The fourth-order valence-electron chi connectivity index (χ4n) is 1.41. The van der Waals surface area contributed by atoms with Crippen molar-refractivity contribution in [3.63, 3.8) is 0 Å². The molecule has 2 aromatic rings. The molecule has 19 heavy (non-hydrogen) atoms. The van der Waals surface area contributed by atoms with E-state index in [0.717, 1.165) is 35.7 Å². The molecule has 0 aliphatic heterocycles. The summed E-state index contributed by atoms with van der Waals surface area (Å²) >= 11 is 1.09. The highest BCUT2D eigenvalue weighted by Gasteiger charge is 2.13. The molecule has 2 rings (SSSR count). The van der Waals surface area contributed by atoms with Gasteiger partial charge in [-0.1, -0.05) is 11.8 Å². The van der Waals surface area contributed by atoms with Gasteiger partial charge in [-0.05, 0) is 31.2 Å². The Bertz CT molecular complexity index is 619. The highest BCUT2D eigenvalue weighted by atomic mass is 32.2. The SMILES string of the molecule is Cc1ccnc(SCC(=O)c2cc(F)ccc2F)n1. The van der Waals surface area contributed by atoms with Crippen LogP contribution in [0.25, 0.3) is 0 Å². The average molecular weight is 280 g/mol. The van der Waals surface area contributed by atoms with Crippen LogP contribution in [0, 0.1) is 18.6 Å². The minimum atomic E-state index is -0.725. The van der Waals surface area contributed by atoms with Gasteiger partial charge in [0.05, 0.1) is 11.3 Å². The molecule has 0 amide bonds. The second kappa shape index (κ2) is 5.88. The Morgan fingerprint density at radius 2 is 2.11 bits per heavy atom. The van der Waals surface area contributed by atoms with Crippen LogP contribution in [0.3, 0.4) is 0 Å². The van der Waals surface area contributed by atoms with Gasteiger partial charge in [-0.3, -0.25) is 4.79 Å². The molecule has 0 atom stereocenters. The number of Topliss-reactive ketones (excluding diaryl/α,β-unsaturated/α-hetero) is 1. The van der Waals surface area contributed by atoms with Gasteiger partial charge in [-0.2, -0.15) is 0 Å². The lowest BCUT2D eigenvalue weighted by molar-refractivity contribution is 0.101. The van der Waals surface area contributed by atoms with Crippen molar-refractivity contribution in [1.29, 1.82) is 0 Å². The van der Waals surface area contributed by atoms with Crippen molar-refractivity contribution in [2.75, 3.05) is 5.75 Å². The fraction of sp³-hybridized carbons (Fsp3) is 0.154. The van der Waals surface area contributed by atoms with Crippen molar-refractivity contribution in [2.45, 2.75) is 12.1 Å². The smallest absolute Gasteiger partial charge is 0.188 e. The van der Waals surface area contributed by atoms with Gasteiger partial charge >= 0.3 is 0 Å². The van der Waals surface area contributed by atoms with Crippen LogP contribution in [0.15, 0.2) is 35.6 Å². The zero-order valence-electron chi connectivity index (χ0n) is 10.1. The summed E-state index contributed by atoms with van der Waals surface area (Å²) in [5.41, 5.74) is 0.530. The van der Waals surface area contributed by atoms with E-state index in [1.54, 1.807) is 19.2 Å². The van der Waals surface area contributed by atoms with Gasteiger partial charge in [0, 0.05) is 11.9 Å². The molecule has 0 N–H and O–H groups in total. The summed E-state index contributed by atoms with van der Waals surface area (Å²) in [5.74, 6) is -1.89. The third-order valence-electron chi connectivity index (χ3n) is 2.33. The molecular weight excluding hydrogens is 270 g/mol. The number of aromatic nitrogens is 2. The molecule has 0 radical (unpaired) electrons. The number of carbonyl (C=O) groups is 1. The van der Waals surface area contributed by atoms with E-state index in [9.17, 15) is 13.6 Å². The van der Waals surface area contributed by atoms with Gasteiger partial charge in [0.15, 0.2) is 10.9 Å². The van der Waals surface area contributed by atoms with Crippen LogP contribution in [-0.2, 0) is 0 Å². The summed E-state index contributed by atoms with van der Waals surface area (Å²) in [4.78, 5) is 19.9. The van der Waals surface area contributed by atoms with Crippen molar-refractivity contribution >= 4 is 17.5 Å². The molecule has 1 heterocycles. The highest BCUT2D eigenvalue weighted by molar-refractivity contribution is 7.99. The van der Waals surface area contributed by atoms with E-state index < -0.39 is 17.4 Å². The summed E-state index contributed by atoms with van der Waals surface area (Å²) in [5, 5.41) is 0.435. The zero-order chi connectivity index (χ0) is 13.8. The Kier molecular flexibility index (Phi) is 4.21. The summed E-state index contributed by atoms with van der Waals surface area (Å²) in [7, 11) is 0. The van der Waals surface area contributed by atoms with Crippen LogP contribution < -0.4 is 0 Å². The maximum Gasteiger partial charge on any atom is 0.188 e. The monoisotopic (exact) mass is 280 g/mol. The van der Waals surface area contributed by atoms with Gasteiger partial charge in [-0.25, -0.2) is 18.7 Å². The van der Waals surface area contributed by atoms with E-state index in [-0.39, 0.29) is 11.3 Å². The van der Waals surface area contributed by atoms with Gasteiger partial charge in [-0.15, -0.1) is 0 Å². The third-order valence-corrected chi connectivity index (χ3v) is 3.20. The maximum absolute atomic E-state index is 13.4. The number of carbonyl (C=O) groups excluding carboxylic acids is 1. The number of rotatable bonds is 4. The van der Waals surface area contributed by atoms with Crippen LogP contribution in [0.2, 0.25) is 0 Å². The molecule has 6 heteroatoms. The number of ketones is 1. The molecule has 3 nitrogen and oxygen atoms in total. The van der Waals surface area contributed by atoms with Gasteiger partial charge in [0.2, 0.25) is 0 Å². The van der Waals surface area contributed by atoms with E-state index >= 15 is 0 Å². The van der Waals surface area contributed by atoms with E-state index in [1.807, 2.05) is 0 Å². The molecule has 0 aliphatic carbocycles. The molecule has 0 aliphatic rings. The molecule has 1 aromatic heterocycles. The predicted octanol–water partition coefficient (Wildman–Crippen LogP) is 3.04. The van der Waals surface area contributed by atoms with Crippen molar-refractivity contribution < 1.29 is 13.6 Å². The lowest BCUT2D eigenvalue weighted by Gasteiger charge is -2.03. The molecule has 0 unspecified atom stereocenters. The Labute approximate surface area is 113 Å². The number of benzene rings is 1. The second-order valence-electron chi connectivity index (χ2n) is 3.82. The quantitative estimate of drug-likeness (QED) is 0.490. The minimum absolute atomic E-state index is 0.0379. The normalized spacial score (nSPS) is 10.5. The van der Waals surface area contributed by atoms with Crippen molar-refractivity contribution in [3.05, 3.63) is 53.4 Å². The molecule has 0 saturated carbocycles. The van der Waals surface area contributed by atoms with Crippen LogP contribution in [0.4, 0.5) is 8.78 Å². The summed E-state index contributed by atoms with van der Waals surface area (Å²) in [6.45, 7) is 1.81. The molecule has 0 bridgehead atoms. The largest absolute Gasteiger partial charge is 0.293 e. The van der Waals surface area contributed by atoms with E-state index in [0.29, 0.717) is 5.16 Å². The summed E-state index contributed by atoms with van der Waals surface area (Å²) in [6, 6.07) is 4.55. The number of aryl methyl sites for hydroxylation is 1. The van der Waals surface area contributed by atoms with Gasteiger partial charge in [0.25, 0.3) is 0 Å². The first-order valence-corrected chi connectivity index (χ1v) is 6.45. The van der Waals surface area contributed by atoms with Gasteiger partial charge < -0.3 is 0 Å². The molecule has 0 fully saturated rings. The van der Waals surface area contributed by atoms with Crippen LogP contribution in [-0.4, -0.2) is 21.5 Å². The molecule has 0 saturated heterocycles. The van der Waals surface area contributed by atoms with Crippen molar-refractivity contribution in [3.8, 4) is 0 Å². The number of halogens is 2. The second-order valence-corrected chi connectivity index (χ2v) is 4.76. The highest BCUT2D eigenvalue weighted by Crippen LogP contribution is 2.17. The van der Waals surface area contributed by atoms with E-state index in [1.165, 1.54) is 0 Å². The van der Waals surface area contributed by atoms with Crippen molar-refractivity contribution in [1.82, 2.24) is 9.97 Å². The molecular formula is C13H10F2N2OS. The first kappa shape index (κ1) is 13.6. The Hall–Kier alpha value is -1.82. The fourth-order valence-corrected chi connectivity index (χ4v) is 2.17. The van der Waals surface area contributed by atoms with Crippen LogP contribution in [0.1, 0.15) is 16.1 Å². The molecule has 0 spiro atoms. The van der Waals surface area contributed by atoms with E-state index in [2.05, 4.69) is 9.97 Å². The summed E-state index contributed by atoms with van der Waals surface area (Å²) in [6.07, 6.45) is 1.58. The third kappa shape index (κ3) is 3.57. The number of hydrogen-bond acceptors (Lipinski definition) is 4. The van der Waals surface area contributed by atoms with Crippen LogP contribution in [0.5, 0.6) is 0 Å². The van der Waals surface area contributed by atoms with E-state index in [4.69, 9.17) is 0 Å². The predicted molar refractivity (Wildman–Crippen MR) is 68.2 cm³/mol. The number of thioether (sulfide) groups is 1. The lowest BCUT2D eigenvalue weighted by atomic mass is 10.1. The minimum Gasteiger partial charge on any atom is -0.293 e. The first-order chi connectivity index (χ1) is 9.06. The topological polar surface area (TPSA) is 42.9 Å². The van der Waals surface area contributed by atoms with Crippen LogP contribution >= 0.6 is 11.8 Å². The first-order valence-electron chi connectivity index (χ1n) is 5.47. The Morgan fingerprint density at radius 3 is 2.84 bits per heavy atom. The molecule has 1 aromatic carbocycles. The Balaban J connectivity index is 2.07. The number of nitrogens with zero attached hydrogens (tertiary/aromatic N) is 2. The molecule has 98 valence electrons. The lowest BCUT2D eigenvalue weighted by Crippen LogP contribution is -2.06. The zero-order valence-corrected chi connectivity index (χ0v) is 10.9.